The SMILES string of the molecule is CN1CCC(CN2CCN(c3cnc(I)cn3)CC2)CC1. The Bertz CT molecular complexity index is 436. The Morgan fingerprint density at radius 2 is 1.76 bits per heavy atom. The van der Waals surface area contributed by atoms with Gasteiger partial charge in [-0.1, -0.05) is 0 Å². The van der Waals surface area contributed by atoms with Gasteiger partial charge >= 0.3 is 0 Å². The third kappa shape index (κ3) is 4.26. The van der Waals surface area contributed by atoms with E-state index in [1.807, 2.05) is 12.4 Å². The van der Waals surface area contributed by atoms with Gasteiger partial charge in [0.1, 0.15) is 9.52 Å². The Hall–Kier alpha value is -0.470. The molecule has 1 aromatic heterocycles. The molecule has 0 aromatic carbocycles. The van der Waals surface area contributed by atoms with Crippen LogP contribution in [0.5, 0.6) is 0 Å². The van der Waals surface area contributed by atoms with E-state index in [4.69, 9.17) is 0 Å². The van der Waals surface area contributed by atoms with Crippen molar-refractivity contribution in [2.45, 2.75) is 12.8 Å². The van der Waals surface area contributed by atoms with Crippen LogP contribution in [-0.2, 0) is 0 Å². The fraction of sp³-hybridized carbons (Fsp3) is 0.733. The molecule has 0 aliphatic carbocycles. The molecular formula is C15H24IN5. The molecule has 0 bridgehead atoms. The number of halogens is 1. The van der Waals surface area contributed by atoms with E-state index in [0.717, 1.165) is 41.6 Å². The van der Waals surface area contributed by atoms with E-state index in [9.17, 15) is 0 Å². The number of anilines is 1. The van der Waals surface area contributed by atoms with Crippen molar-refractivity contribution in [3.05, 3.63) is 16.1 Å². The highest BCUT2D eigenvalue weighted by Gasteiger charge is 2.23. The zero-order chi connectivity index (χ0) is 14.7. The van der Waals surface area contributed by atoms with E-state index < -0.39 is 0 Å². The second-order valence-corrected chi connectivity index (χ2v) is 7.34. The molecule has 0 spiro atoms. The molecule has 0 unspecified atom stereocenters. The van der Waals surface area contributed by atoms with E-state index >= 15 is 0 Å². The van der Waals surface area contributed by atoms with Gasteiger partial charge in [0, 0.05) is 32.7 Å². The van der Waals surface area contributed by atoms with Crippen LogP contribution < -0.4 is 4.90 Å². The molecule has 0 saturated carbocycles. The quantitative estimate of drug-likeness (QED) is 0.719. The zero-order valence-electron chi connectivity index (χ0n) is 12.7. The summed E-state index contributed by atoms with van der Waals surface area (Å²) in [6.45, 7) is 8.26. The summed E-state index contributed by atoms with van der Waals surface area (Å²) in [5.41, 5.74) is 0. The number of hydrogen-bond donors (Lipinski definition) is 0. The molecule has 2 aliphatic heterocycles. The Labute approximate surface area is 140 Å². The molecule has 2 fully saturated rings. The fourth-order valence-corrected chi connectivity index (χ4v) is 3.52. The number of hydrogen-bond acceptors (Lipinski definition) is 5. The first kappa shape index (κ1) is 15.4. The van der Waals surface area contributed by atoms with Crippen molar-refractivity contribution in [1.82, 2.24) is 19.8 Å². The highest BCUT2D eigenvalue weighted by molar-refractivity contribution is 14.1. The summed E-state index contributed by atoms with van der Waals surface area (Å²) in [4.78, 5) is 16.3. The molecule has 116 valence electrons. The van der Waals surface area contributed by atoms with Crippen LogP contribution in [0.2, 0.25) is 0 Å². The molecule has 2 aliphatic rings. The van der Waals surface area contributed by atoms with Gasteiger partial charge in [-0.2, -0.15) is 0 Å². The Kier molecular flexibility index (Phi) is 5.29. The van der Waals surface area contributed by atoms with Crippen molar-refractivity contribution in [3.8, 4) is 0 Å². The first-order chi connectivity index (χ1) is 10.2. The molecule has 0 amide bonds. The summed E-state index contributed by atoms with van der Waals surface area (Å²) in [6.07, 6.45) is 6.47. The predicted octanol–water partition coefficient (Wildman–Crippen LogP) is 1.54. The zero-order valence-corrected chi connectivity index (χ0v) is 14.9. The minimum atomic E-state index is 0.894. The first-order valence-corrected chi connectivity index (χ1v) is 8.92. The van der Waals surface area contributed by atoms with Crippen molar-refractivity contribution in [1.29, 1.82) is 0 Å². The van der Waals surface area contributed by atoms with Crippen LogP contribution in [-0.4, -0.2) is 72.6 Å². The lowest BCUT2D eigenvalue weighted by Crippen LogP contribution is -2.49. The lowest BCUT2D eigenvalue weighted by atomic mass is 9.96. The van der Waals surface area contributed by atoms with Crippen LogP contribution in [0.4, 0.5) is 5.82 Å². The lowest BCUT2D eigenvalue weighted by Gasteiger charge is -2.38. The largest absolute Gasteiger partial charge is 0.353 e. The summed E-state index contributed by atoms with van der Waals surface area (Å²) < 4.78 is 0.956. The Balaban J connectivity index is 1.45. The average molecular weight is 401 g/mol. The van der Waals surface area contributed by atoms with Gasteiger partial charge in [-0.15, -0.1) is 0 Å². The maximum Gasteiger partial charge on any atom is 0.147 e. The molecule has 21 heavy (non-hydrogen) atoms. The predicted molar refractivity (Wildman–Crippen MR) is 93.6 cm³/mol. The number of piperidine rings is 1. The van der Waals surface area contributed by atoms with E-state index in [2.05, 4.69) is 54.3 Å². The number of likely N-dealkylation sites (tertiary alicyclic amines) is 1. The van der Waals surface area contributed by atoms with Crippen molar-refractivity contribution in [3.63, 3.8) is 0 Å². The number of piperazine rings is 1. The van der Waals surface area contributed by atoms with Gasteiger partial charge in [0.05, 0.1) is 12.4 Å². The number of nitrogens with zero attached hydrogens (tertiary/aromatic N) is 5. The highest BCUT2D eigenvalue weighted by atomic mass is 127. The first-order valence-electron chi connectivity index (χ1n) is 7.84. The number of rotatable bonds is 3. The van der Waals surface area contributed by atoms with E-state index in [0.29, 0.717) is 0 Å². The molecule has 1 aromatic rings. The van der Waals surface area contributed by atoms with Crippen molar-refractivity contribution in [2.24, 2.45) is 5.92 Å². The maximum atomic E-state index is 4.48. The standard InChI is InChI=1S/C15H24IN5/c1-19-4-2-13(3-5-19)12-20-6-8-21(9-7-20)15-11-17-14(16)10-18-15/h10-11,13H,2-9,12H2,1H3. The van der Waals surface area contributed by atoms with Crippen molar-refractivity contribution < 1.29 is 0 Å². The normalized spacial score (nSPS) is 22.7. The van der Waals surface area contributed by atoms with Crippen LogP contribution in [0.25, 0.3) is 0 Å². The molecule has 5 nitrogen and oxygen atoms in total. The van der Waals surface area contributed by atoms with Crippen LogP contribution in [0.15, 0.2) is 12.4 Å². The van der Waals surface area contributed by atoms with Gasteiger partial charge in [0.25, 0.3) is 0 Å². The van der Waals surface area contributed by atoms with Gasteiger partial charge < -0.3 is 9.80 Å². The van der Waals surface area contributed by atoms with Crippen LogP contribution in [0.1, 0.15) is 12.8 Å². The van der Waals surface area contributed by atoms with Gasteiger partial charge in [-0.05, 0) is 61.5 Å². The van der Waals surface area contributed by atoms with E-state index in [1.165, 1.54) is 32.5 Å². The molecule has 0 N–H and O–H groups in total. The van der Waals surface area contributed by atoms with Gasteiger partial charge in [0.2, 0.25) is 0 Å². The van der Waals surface area contributed by atoms with E-state index in [-0.39, 0.29) is 0 Å². The summed E-state index contributed by atoms with van der Waals surface area (Å²) in [7, 11) is 2.23. The van der Waals surface area contributed by atoms with Gasteiger partial charge in [-0.3, -0.25) is 4.90 Å². The average Bonchev–Trinajstić information content (AvgIpc) is 2.51. The minimum Gasteiger partial charge on any atom is -0.353 e. The summed E-state index contributed by atoms with van der Waals surface area (Å²) in [6, 6.07) is 0. The minimum absolute atomic E-state index is 0.894. The number of aromatic nitrogens is 2. The topological polar surface area (TPSA) is 35.5 Å². The summed E-state index contributed by atoms with van der Waals surface area (Å²) >= 11 is 2.20. The third-order valence-corrected chi connectivity index (χ3v) is 5.21. The fourth-order valence-electron chi connectivity index (χ4n) is 3.24. The van der Waals surface area contributed by atoms with Crippen LogP contribution in [0.3, 0.4) is 0 Å². The van der Waals surface area contributed by atoms with Crippen molar-refractivity contribution >= 4 is 28.4 Å². The second kappa shape index (κ2) is 7.19. The third-order valence-electron chi connectivity index (χ3n) is 4.66. The van der Waals surface area contributed by atoms with E-state index in [1.54, 1.807) is 0 Å². The lowest BCUT2D eigenvalue weighted by molar-refractivity contribution is 0.155. The van der Waals surface area contributed by atoms with Crippen LogP contribution >= 0.6 is 22.6 Å². The molecule has 6 heteroatoms. The monoisotopic (exact) mass is 401 g/mol. The second-order valence-electron chi connectivity index (χ2n) is 6.23. The van der Waals surface area contributed by atoms with Crippen molar-refractivity contribution in [2.75, 3.05) is 57.8 Å². The Morgan fingerprint density at radius 1 is 1.05 bits per heavy atom. The summed E-state index contributed by atoms with van der Waals surface area (Å²) in [5, 5.41) is 0. The molecule has 3 heterocycles. The summed E-state index contributed by atoms with van der Waals surface area (Å²) in [5.74, 6) is 1.92. The molecule has 3 rings (SSSR count). The smallest absolute Gasteiger partial charge is 0.147 e. The maximum absolute atomic E-state index is 4.48. The highest BCUT2D eigenvalue weighted by Crippen LogP contribution is 2.19. The molecular weight excluding hydrogens is 377 g/mol. The molecule has 2 saturated heterocycles. The molecule has 0 atom stereocenters. The Morgan fingerprint density at radius 3 is 2.38 bits per heavy atom. The van der Waals surface area contributed by atoms with Gasteiger partial charge in [0.15, 0.2) is 0 Å². The van der Waals surface area contributed by atoms with Gasteiger partial charge in [-0.25, -0.2) is 9.97 Å². The van der Waals surface area contributed by atoms with Crippen LogP contribution in [0, 0.1) is 9.62 Å². The molecule has 0 radical (unpaired) electrons.